The molecule has 0 saturated heterocycles. The Morgan fingerprint density at radius 1 is 1.00 bits per heavy atom. The van der Waals surface area contributed by atoms with Crippen molar-refractivity contribution in [2.24, 2.45) is 5.50 Å². The van der Waals surface area contributed by atoms with Gasteiger partial charge in [0.05, 0.1) is 5.69 Å². The third kappa shape index (κ3) is 4.40. The van der Waals surface area contributed by atoms with Gasteiger partial charge in [-0.1, -0.05) is 42.0 Å². The number of benzene rings is 4. The molecule has 2 amide bonds. The fourth-order valence-corrected chi connectivity index (χ4v) is 5.52. The van der Waals surface area contributed by atoms with Gasteiger partial charge in [-0.05, 0) is 60.7 Å². The minimum Gasteiger partial charge on any atom is -0.458 e. The number of amides is 2. The SMILES string of the molecule is Cc1ccc(C(=O)Nc2ccc3[nH]c(C(=O)N4CCc5c4cc(OP(C)N)c4ccccc54)cc3c2)cc1. The van der Waals surface area contributed by atoms with Crippen LogP contribution in [0.1, 0.15) is 32.0 Å². The van der Waals surface area contributed by atoms with E-state index in [0.717, 1.165) is 44.9 Å². The molecule has 38 heavy (non-hydrogen) atoms. The highest BCUT2D eigenvalue weighted by atomic mass is 31.2. The Morgan fingerprint density at radius 2 is 1.76 bits per heavy atom. The van der Waals surface area contributed by atoms with Gasteiger partial charge in [0.25, 0.3) is 11.8 Å². The number of fused-ring (bicyclic) bond motifs is 4. The number of H-pyrrole nitrogens is 1. The van der Waals surface area contributed by atoms with Crippen LogP contribution in [-0.2, 0) is 6.42 Å². The van der Waals surface area contributed by atoms with Gasteiger partial charge in [0.2, 0.25) is 0 Å². The number of nitrogens with two attached hydrogens (primary N) is 1. The molecule has 0 aliphatic carbocycles. The molecule has 0 radical (unpaired) electrons. The average Bonchev–Trinajstić information content (AvgIpc) is 3.53. The number of nitrogens with one attached hydrogen (secondary N) is 2. The second-order valence-electron chi connectivity index (χ2n) is 9.57. The normalized spacial score (nSPS) is 13.5. The van der Waals surface area contributed by atoms with Crippen molar-refractivity contribution in [3.63, 3.8) is 0 Å². The monoisotopic (exact) mass is 522 g/mol. The third-order valence-corrected chi connectivity index (χ3v) is 7.37. The smallest absolute Gasteiger partial charge is 0.274 e. The number of nitrogens with zero attached hydrogens (tertiary/aromatic N) is 1. The number of rotatable bonds is 5. The molecule has 2 heterocycles. The Kier molecular flexibility index (Phi) is 6.10. The molecule has 7 nitrogen and oxygen atoms in total. The largest absolute Gasteiger partial charge is 0.458 e. The minimum absolute atomic E-state index is 0.113. The first-order chi connectivity index (χ1) is 18.4. The number of aryl methyl sites for hydroxylation is 1. The second-order valence-corrected chi connectivity index (χ2v) is 10.8. The van der Waals surface area contributed by atoms with E-state index in [9.17, 15) is 9.59 Å². The summed E-state index contributed by atoms with van der Waals surface area (Å²) in [5.41, 5.74) is 11.7. The van der Waals surface area contributed by atoms with E-state index >= 15 is 0 Å². The molecular weight excluding hydrogens is 495 g/mol. The fraction of sp³-hybridized carbons (Fsp3) is 0.133. The summed E-state index contributed by atoms with van der Waals surface area (Å²) in [5.74, 6) is 0.405. The average molecular weight is 523 g/mol. The van der Waals surface area contributed by atoms with Gasteiger partial charge in [-0.25, -0.2) is 0 Å². The van der Waals surface area contributed by atoms with Crippen molar-refractivity contribution in [2.45, 2.75) is 13.3 Å². The number of hydrogen-bond donors (Lipinski definition) is 3. The molecule has 1 aliphatic heterocycles. The Morgan fingerprint density at radius 3 is 2.53 bits per heavy atom. The van der Waals surface area contributed by atoms with Gasteiger partial charge in [0.15, 0.2) is 8.30 Å². The van der Waals surface area contributed by atoms with Gasteiger partial charge in [0, 0.05) is 46.8 Å². The lowest BCUT2D eigenvalue weighted by molar-refractivity contribution is 0.0984. The molecular formula is C30H27N4O3P. The zero-order valence-electron chi connectivity index (χ0n) is 21.1. The summed E-state index contributed by atoms with van der Waals surface area (Å²) in [4.78, 5) is 31.4. The van der Waals surface area contributed by atoms with Crippen LogP contribution in [0, 0.1) is 6.92 Å². The second kappa shape index (κ2) is 9.60. The van der Waals surface area contributed by atoms with Crippen LogP contribution in [0.15, 0.2) is 78.9 Å². The maximum Gasteiger partial charge on any atom is 0.274 e. The van der Waals surface area contributed by atoms with E-state index in [0.29, 0.717) is 29.2 Å². The summed E-state index contributed by atoms with van der Waals surface area (Å²) in [6.45, 7) is 4.41. The van der Waals surface area contributed by atoms with Gasteiger partial charge in [-0.2, -0.15) is 0 Å². The molecule has 5 aromatic rings. The first-order valence-corrected chi connectivity index (χ1v) is 14.2. The van der Waals surface area contributed by atoms with Crippen LogP contribution in [0.2, 0.25) is 0 Å². The molecule has 0 spiro atoms. The Bertz CT molecular complexity index is 1710. The molecule has 4 N–H and O–H groups in total. The number of hydrogen-bond acceptors (Lipinski definition) is 4. The van der Waals surface area contributed by atoms with Crippen molar-refractivity contribution in [1.82, 2.24) is 4.98 Å². The third-order valence-electron chi connectivity index (χ3n) is 6.88. The number of carbonyl (C=O) groups is 2. The minimum atomic E-state index is -1.11. The van der Waals surface area contributed by atoms with Crippen molar-refractivity contribution in [3.05, 3.63) is 101 Å². The summed E-state index contributed by atoms with van der Waals surface area (Å²) >= 11 is 0. The Labute approximate surface area is 221 Å². The molecule has 8 heteroatoms. The molecule has 4 aromatic carbocycles. The lowest BCUT2D eigenvalue weighted by Crippen LogP contribution is -2.29. The maximum atomic E-state index is 13.7. The summed E-state index contributed by atoms with van der Waals surface area (Å²) < 4.78 is 5.98. The van der Waals surface area contributed by atoms with Crippen molar-refractivity contribution in [3.8, 4) is 5.75 Å². The van der Waals surface area contributed by atoms with Crippen LogP contribution >= 0.6 is 8.30 Å². The number of anilines is 2. The zero-order chi connectivity index (χ0) is 26.4. The fourth-order valence-electron chi connectivity index (χ4n) is 5.06. The lowest BCUT2D eigenvalue weighted by Gasteiger charge is -2.19. The predicted octanol–water partition coefficient (Wildman–Crippen LogP) is 6.36. The first kappa shape index (κ1) is 24.2. The summed E-state index contributed by atoms with van der Waals surface area (Å²) in [6, 6.07) is 24.9. The van der Waals surface area contributed by atoms with E-state index < -0.39 is 8.30 Å². The van der Waals surface area contributed by atoms with Crippen molar-refractivity contribution < 1.29 is 14.1 Å². The molecule has 0 saturated carbocycles. The molecule has 6 rings (SSSR count). The van der Waals surface area contributed by atoms with Crippen LogP contribution < -0.4 is 20.2 Å². The van der Waals surface area contributed by atoms with E-state index in [1.807, 2.05) is 74.3 Å². The maximum absolute atomic E-state index is 13.7. The van der Waals surface area contributed by atoms with E-state index in [4.69, 9.17) is 10.0 Å². The summed E-state index contributed by atoms with van der Waals surface area (Å²) in [6.07, 6.45) is 0.765. The van der Waals surface area contributed by atoms with Crippen LogP contribution in [0.5, 0.6) is 5.75 Å². The number of aromatic nitrogens is 1. The molecule has 1 aromatic heterocycles. The quantitative estimate of drug-likeness (QED) is 0.234. The topological polar surface area (TPSA) is 100 Å². The molecule has 1 atom stereocenters. The molecule has 1 aliphatic rings. The molecule has 0 bridgehead atoms. The van der Waals surface area contributed by atoms with Gasteiger partial charge in [-0.15, -0.1) is 0 Å². The summed E-state index contributed by atoms with van der Waals surface area (Å²) in [5, 5.41) is 5.88. The van der Waals surface area contributed by atoms with Crippen LogP contribution in [-0.4, -0.2) is 30.0 Å². The van der Waals surface area contributed by atoms with E-state index in [2.05, 4.69) is 16.4 Å². The lowest BCUT2D eigenvalue weighted by atomic mass is 10.0. The summed E-state index contributed by atoms with van der Waals surface area (Å²) in [7, 11) is -1.11. The zero-order valence-corrected chi connectivity index (χ0v) is 22.0. The van der Waals surface area contributed by atoms with Gasteiger partial charge in [-0.3, -0.25) is 15.1 Å². The first-order valence-electron chi connectivity index (χ1n) is 12.4. The molecule has 190 valence electrons. The molecule has 0 fully saturated rings. The van der Waals surface area contributed by atoms with Gasteiger partial charge >= 0.3 is 0 Å². The van der Waals surface area contributed by atoms with Gasteiger partial charge in [0.1, 0.15) is 11.4 Å². The van der Waals surface area contributed by atoms with Crippen molar-refractivity contribution in [1.29, 1.82) is 0 Å². The van der Waals surface area contributed by atoms with Crippen molar-refractivity contribution >= 4 is 53.2 Å². The van der Waals surface area contributed by atoms with Crippen LogP contribution in [0.3, 0.4) is 0 Å². The Balaban J connectivity index is 1.29. The van der Waals surface area contributed by atoms with E-state index in [-0.39, 0.29) is 11.8 Å². The predicted molar refractivity (Wildman–Crippen MR) is 154 cm³/mol. The van der Waals surface area contributed by atoms with E-state index in [1.165, 1.54) is 0 Å². The highest BCUT2D eigenvalue weighted by Crippen LogP contribution is 2.43. The van der Waals surface area contributed by atoms with Crippen molar-refractivity contribution in [2.75, 3.05) is 23.4 Å². The van der Waals surface area contributed by atoms with Crippen LogP contribution in [0.25, 0.3) is 21.7 Å². The highest BCUT2D eigenvalue weighted by molar-refractivity contribution is 7.49. The van der Waals surface area contributed by atoms with E-state index in [1.54, 1.807) is 17.0 Å². The van der Waals surface area contributed by atoms with Gasteiger partial charge < -0.3 is 19.7 Å². The number of carbonyl (C=O) groups excluding carboxylic acids is 2. The standard InChI is InChI=1S/C30H27N4O3P/c1-18-7-9-19(10-8-18)29(35)32-21-11-12-25-20(15-21)16-26(33-25)30(36)34-14-13-23-22-5-3-4-6-24(22)28(17-27(23)34)37-38(2)31/h3-12,15-17,33H,13-14,31H2,1-2H3,(H,32,35). The number of aromatic amines is 1. The highest BCUT2D eigenvalue weighted by Gasteiger charge is 2.29. The van der Waals surface area contributed by atoms with Crippen LogP contribution in [0.4, 0.5) is 11.4 Å². The Hall–Kier alpha value is -4.19. The molecule has 1 unspecified atom stereocenters.